The van der Waals surface area contributed by atoms with Gasteiger partial charge in [-0.1, -0.05) is 48.7 Å². The van der Waals surface area contributed by atoms with Gasteiger partial charge >= 0.3 is 0 Å². The van der Waals surface area contributed by atoms with Crippen LogP contribution >= 0.6 is 23.4 Å². The molecule has 0 spiro atoms. The van der Waals surface area contributed by atoms with Crippen molar-refractivity contribution in [2.45, 2.75) is 37.3 Å². The summed E-state index contributed by atoms with van der Waals surface area (Å²) in [5.41, 5.74) is 0.887. The molecule has 0 radical (unpaired) electrons. The summed E-state index contributed by atoms with van der Waals surface area (Å²) < 4.78 is 1.84. The van der Waals surface area contributed by atoms with E-state index in [-0.39, 0.29) is 5.91 Å². The number of nitrogens with one attached hydrogen (secondary N) is 1. The van der Waals surface area contributed by atoms with Gasteiger partial charge in [-0.25, -0.2) is 0 Å². The maximum atomic E-state index is 12.1. The minimum absolute atomic E-state index is 0.0474. The molecule has 0 aliphatic heterocycles. The number of rotatable bonds is 6. The monoisotopic (exact) mass is 364 g/mol. The van der Waals surface area contributed by atoms with Crippen LogP contribution in [0, 0.1) is 5.92 Å². The number of amides is 1. The molecule has 1 amide bonds. The molecule has 24 heavy (non-hydrogen) atoms. The molecule has 0 saturated heterocycles. The fourth-order valence-electron chi connectivity index (χ4n) is 2.96. The van der Waals surface area contributed by atoms with Gasteiger partial charge in [0.1, 0.15) is 6.33 Å². The molecule has 1 saturated carbocycles. The number of nitrogens with zero attached hydrogens (tertiary/aromatic N) is 3. The summed E-state index contributed by atoms with van der Waals surface area (Å²) in [6, 6.07) is 7.48. The van der Waals surface area contributed by atoms with Gasteiger partial charge in [0.15, 0.2) is 5.16 Å². The lowest BCUT2D eigenvalue weighted by atomic mass is 9.89. The van der Waals surface area contributed by atoms with Gasteiger partial charge in [0.05, 0.1) is 11.4 Å². The third kappa shape index (κ3) is 4.74. The van der Waals surface area contributed by atoms with Crippen molar-refractivity contribution in [3.63, 3.8) is 0 Å². The van der Waals surface area contributed by atoms with Gasteiger partial charge in [0.25, 0.3) is 0 Å². The summed E-state index contributed by atoms with van der Waals surface area (Å²) in [6.45, 7) is 0.792. The van der Waals surface area contributed by atoms with Crippen LogP contribution in [0.5, 0.6) is 0 Å². The fourth-order valence-corrected chi connectivity index (χ4v) is 3.90. The van der Waals surface area contributed by atoms with E-state index in [1.54, 1.807) is 6.33 Å². The number of hydrogen-bond donors (Lipinski definition) is 1. The number of carbonyl (C=O) groups is 1. The molecule has 1 aliphatic rings. The van der Waals surface area contributed by atoms with Gasteiger partial charge in [-0.05, 0) is 37.0 Å². The highest BCUT2D eigenvalue weighted by Crippen LogP contribution is 2.23. The second-order valence-electron chi connectivity index (χ2n) is 6.06. The Balaban J connectivity index is 1.51. The molecule has 0 bridgehead atoms. The number of aromatic nitrogens is 3. The number of thioether (sulfide) groups is 1. The smallest absolute Gasteiger partial charge is 0.230 e. The van der Waals surface area contributed by atoms with Gasteiger partial charge in [-0.15, -0.1) is 10.2 Å². The Bertz CT molecular complexity index is 685. The minimum atomic E-state index is 0.0474. The van der Waals surface area contributed by atoms with Gasteiger partial charge in [-0.2, -0.15) is 0 Å². The first-order valence-corrected chi connectivity index (χ1v) is 9.64. The number of hydrogen-bond acceptors (Lipinski definition) is 4. The zero-order valence-corrected chi connectivity index (χ0v) is 15.0. The normalized spacial score (nSPS) is 15.4. The van der Waals surface area contributed by atoms with Crippen LogP contribution in [0.25, 0.3) is 5.69 Å². The van der Waals surface area contributed by atoms with Gasteiger partial charge in [0.2, 0.25) is 5.91 Å². The summed E-state index contributed by atoms with van der Waals surface area (Å²) >= 11 is 7.41. The second kappa shape index (κ2) is 8.53. The van der Waals surface area contributed by atoms with Crippen LogP contribution in [-0.2, 0) is 4.79 Å². The summed E-state index contributed by atoms with van der Waals surface area (Å²) in [5.74, 6) is 1.03. The summed E-state index contributed by atoms with van der Waals surface area (Å²) in [4.78, 5) is 12.1. The van der Waals surface area contributed by atoms with Crippen LogP contribution in [0.2, 0.25) is 5.02 Å². The van der Waals surface area contributed by atoms with E-state index in [2.05, 4.69) is 15.5 Å². The van der Waals surface area contributed by atoms with Crippen molar-refractivity contribution in [2.24, 2.45) is 5.92 Å². The van der Waals surface area contributed by atoms with Crippen LogP contribution in [0.15, 0.2) is 35.7 Å². The Hall–Kier alpha value is -1.53. The highest BCUT2D eigenvalue weighted by atomic mass is 35.5. The Kier molecular flexibility index (Phi) is 6.15. The SMILES string of the molecule is O=C(CSc1nncn1-c1cccc(Cl)c1)NCC1CCCCC1. The van der Waals surface area contributed by atoms with E-state index in [0.29, 0.717) is 21.8 Å². The molecule has 0 unspecified atom stereocenters. The van der Waals surface area contributed by atoms with Gasteiger partial charge in [-0.3, -0.25) is 9.36 Å². The van der Waals surface area contributed by atoms with Crippen LogP contribution in [-0.4, -0.2) is 33.0 Å². The number of halogens is 1. The number of carbonyl (C=O) groups excluding carboxylic acids is 1. The molecule has 2 aromatic rings. The molecule has 1 aromatic carbocycles. The Morgan fingerprint density at radius 1 is 1.33 bits per heavy atom. The summed E-state index contributed by atoms with van der Waals surface area (Å²) in [5, 5.41) is 12.4. The molecular weight excluding hydrogens is 344 g/mol. The second-order valence-corrected chi connectivity index (χ2v) is 7.44. The van der Waals surface area contributed by atoms with Crippen LogP contribution in [0.4, 0.5) is 0 Å². The summed E-state index contributed by atoms with van der Waals surface area (Å²) in [6.07, 6.45) is 8.01. The van der Waals surface area contributed by atoms with Gasteiger partial charge < -0.3 is 5.32 Å². The average Bonchev–Trinajstić information content (AvgIpc) is 3.08. The maximum Gasteiger partial charge on any atom is 0.230 e. The predicted molar refractivity (Wildman–Crippen MR) is 96.7 cm³/mol. The van der Waals surface area contributed by atoms with Crippen molar-refractivity contribution >= 4 is 29.3 Å². The molecule has 1 aliphatic carbocycles. The third-order valence-electron chi connectivity index (χ3n) is 4.25. The van der Waals surface area contributed by atoms with Crippen LogP contribution < -0.4 is 5.32 Å². The Labute approximate surface area is 151 Å². The lowest BCUT2D eigenvalue weighted by molar-refractivity contribution is -0.118. The number of benzene rings is 1. The first kappa shape index (κ1) is 17.3. The van der Waals surface area contributed by atoms with Crippen LogP contribution in [0.1, 0.15) is 32.1 Å². The molecule has 1 fully saturated rings. The first-order chi connectivity index (χ1) is 11.7. The third-order valence-corrected chi connectivity index (χ3v) is 5.43. The quantitative estimate of drug-likeness (QED) is 0.794. The minimum Gasteiger partial charge on any atom is -0.355 e. The zero-order valence-electron chi connectivity index (χ0n) is 13.4. The first-order valence-electron chi connectivity index (χ1n) is 8.28. The van der Waals surface area contributed by atoms with Crippen molar-refractivity contribution in [1.82, 2.24) is 20.1 Å². The maximum absolute atomic E-state index is 12.1. The lowest BCUT2D eigenvalue weighted by Gasteiger charge is -2.21. The Morgan fingerprint density at radius 2 is 2.17 bits per heavy atom. The standard InChI is InChI=1S/C17H21ClN4OS/c18-14-7-4-8-15(9-14)22-12-20-21-17(22)24-11-16(23)19-10-13-5-2-1-3-6-13/h4,7-9,12-13H,1-3,5-6,10-11H2,(H,19,23). The van der Waals surface area contributed by atoms with Crippen molar-refractivity contribution < 1.29 is 4.79 Å². The molecule has 1 N–H and O–H groups in total. The lowest BCUT2D eigenvalue weighted by Crippen LogP contribution is -2.31. The fraction of sp³-hybridized carbons (Fsp3) is 0.471. The topological polar surface area (TPSA) is 59.8 Å². The molecule has 0 atom stereocenters. The largest absolute Gasteiger partial charge is 0.355 e. The molecule has 5 nitrogen and oxygen atoms in total. The van der Waals surface area contributed by atoms with Crippen LogP contribution in [0.3, 0.4) is 0 Å². The van der Waals surface area contributed by atoms with E-state index in [1.165, 1.54) is 43.9 Å². The molecule has 1 heterocycles. The van der Waals surface area contributed by atoms with E-state index in [4.69, 9.17) is 11.6 Å². The molecule has 3 rings (SSSR count). The van der Waals surface area contributed by atoms with Gasteiger partial charge in [0, 0.05) is 11.6 Å². The highest BCUT2D eigenvalue weighted by Gasteiger charge is 2.15. The van der Waals surface area contributed by atoms with Crippen molar-refractivity contribution in [2.75, 3.05) is 12.3 Å². The van der Waals surface area contributed by atoms with Crippen molar-refractivity contribution in [1.29, 1.82) is 0 Å². The van der Waals surface area contributed by atoms with E-state index in [0.717, 1.165) is 12.2 Å². The van der Waals surface area contributed by atoms with Crippen molar-refractivity contribution in [3.05, 3.63) is 35.6 Å². The molecule has 1 aromatic heterocycles. The molecule has 7 heteroatoms. The predicted octanol–water partition coefficient (Wildman–Crippen LogP) is 3.71. The van der Waals surface area contributed by atoms with E-state index in [9.17, 15) is 4.79 Å². The van der Waals surface area contributed by atoms with E-state index >= 15 is 0 Å². The summed E-state index contributed by atoms with van der Waals surface area (Å²) in [7, 11) is 0. The zero-order chi connectivity index (χ0) is 16.8. The molecular formula is C17H21ClN4OS. The van der Waals surface area contributed by atoms with E-state index < -0.39 is 0 Å². The van der Waals surface area contributed by atoms with Crippen molar-refractivity contribution in [3.8, 4) is 5.69 Å². The average molecular weight is 365 g/mol. The highest BCUT2D eigenvalue weighted by molar-refractivity contribution is 7.99. The Morgan fingerprint density at radius 3 is 2.96 bits per heavy atom. The van der Waals surface area contributed by atoms with E-state index in [1.807, 2.05) is 28.8 Å². The molecule has 128 valence electrons.